The van der Waals surface area contributed by atoms with Gasteiger partial charge in [-0.2, -0.15) is 0 Å². The molecule has 0 aliphatic heterocycles. The van der Waals surface area contributed by atoms with Gasteiger partial charge in [-0.05, 0) is 18.6 Å². The normalized spacial score (nSPS) is 12.1. The third-order valence-corrected chi connectivity index (χ3v) is 1.95. The number of nitrogens with two attached hydrogens (primary N) is 1. The van der Waals surface area contributed by atoms with Crippen molar-refractivity contribution in [3.63, 3.8) is 0 Å². The molecule has 0 aliphatic carbocycles. The third-order valence-electron chi connectivity index (χ3n) is 1.73. The van der Waals surface area contributed by atoms with Gasteiger partial charge < -0.3 is 5.73 Å². The lowest BCUT2D eigenvalue weighted by Crippen LogP contribution is -2.11. The van der Waals surface area contributed by atoms with Crippen LogP contribution in [0.4, 0.5) is 0 Å². The second kappa shape index (κ2) is 4.86. The molecule has 3 heteroatoms. The standard InChI is InChI=1S/C10H11ClN2/c1-2-3-4-9(12)10-6-5-8(11)7-13-10/h1,5-7,9H,3-4,12H2. The summed E-state index contributed by atoms with van der Waals surface area (Å²) in [6, 6.07) is 3.51. The van der Waals surface area contributed by atoms with Crippen molar-refractivity contribution in [2.24, 2.45) is 5.73 Å². The van der Waals surface area contributed by atoms with Gasteiger partial charge in [0.1, 0.15) is 0 Å². The first-order valence-electron chi connectivity index (χ1n) is 4.04. The summed E-state index contributed by atoms with van der Waals surface area (Å²) in [5.74, 6) is 2.55. The van der Waals surface area contributed by atoms with Gasteiger partial charge in [0, 0.05) is 18.7 Å². The summed E-state index contributed by atoms with van der Waals surface area (Å²) in [5.41, 5.74) is 6.66. The third kappa shape index (κ3) is 3.06. The van der Waals surface area contributed by atoms with E-state index in [0.717, 1.165) is 12.1 Å². The van der Waals surface area contributed by atoms with Crippen LogP contribution in [-0.2, 0) is 0 Å². The largest absolute Gasteiger partial charge is 0.323 e. The smallest absolute Gasteiger partial charge is 0.0589 e. The van der Waals surface area contributed by atoms with Crippen molar-refractivity contribution >= 4 is 11.6 Å². The van der Waals surface area contributed by atoms with Gasteiger partial charge in [0.15, 0.2) is 0 Å². The van der Waals surface area contributed by atoms with E-state index in [-0.39, 0.29) is 6.04 Å². The van der Waals surface area contributed by atoms with Crippen LogP contribution in [0, 0.1) is 12.3 Å². The van der Waals surface area contributed by atoms with E-state index in [2.05, 4.69) is 10.9 Å². The van der Waals surface area contributed by atoms with Crippen LogP contribution in [0.5, 0.6) is 0 Å². The molecule has 0 saturated carbocycles. The van der Waals surface area contributed by atoms with Crippen LogP contribution in [0.3, 0.4) is 0 Å². The minimum atomic E-state index is -0.0895. The Hall–Kier alpha value is -1.04. The summed E-state index contributed by atoms with van der Waals surface area (Å²) in [6.07, 6.45) is 8.15. The highest BCUT2D eigenvalue weighted by molar-refractivity contribution is 6.30. The molecule has 68 valence electrons. The van der Waals surface area contributed by atoms with Crippen molar-refractivity contribution in [3.8, 4) is 12.3 Å². The van der Waals surface area contributed by atoms with Crippen molar-refractivity contribution in [1.82, 2.24) is 4.98 Å². The Labute approximate surface area is 83.1 Å². The molecule has 0 bridgehead atoms. The Bertz CT molecular complexity index is 300. The van der Waals surface area contributed by atoms with Crippen molar-refractivity contribution in [2.45, 2.75) is 18.9 Å². The first-order chi connectivity index (χ1) is 6.24. The lowest BCUT2D eigenvalue weighted by Gasteiger charge is -2.08. The van der Waals surface area contributed by atoms with Crippen LogP contribution >= 0.6 is 11.6 Å². The molecule has 1 rings (SSSR count). The summed E-state index contributed by atoms with van der Waals surface area (Å²) in [7, 11) is 0. The topological polar surface area (TPSA) is 38.9 Å². The Morgan fingerprint density at radius 2 is 2.38 bits per heavy atom. The Morgan fingerprint density at radius 3 is 2.92 bits per heavy atom. The number of rotatable bonds is 3. The van der Waals surface area contributed by atoms with E-state index in [0.29, 0.717) is 11.4 Å². The molecule has 1 atom stereocenters. The average Bonchev–Trinajstić information content (AvgIpc) is 2.15. The van der Waals surface area contributed by atoms with E-state index in [9.17, 15) is 0 Å². The summed E-state index contributed by atoms with van der Waals surface area (Å²) in [4.78, 5) is 4.11. The fourth-order valence-electron chi connectivity index (χ4n) is 0.993. The molecule has 0 spiro atoms. The average molecular weight is 195 g/mol. The van der Waals surface area contributed by atoms with Gasteiger partial charge in [-0.25, -0.2) is 0 Å². The molecule has 0 aromatic carbocycles. The quantitative estimate of drug-likeness (QED) is 0.749. The molecule has 1 heterocycles. The van der Waals surface area contributed by atoms with Crippen molar-refractivity contribution in [2.75, 3.05) is 0 Å². The van der Waals surface area contributed by atoms with Crippen molar-refractivity contribution < 1.29 is 0 Å². The van der Waals surface area contributed by atoms with E-state index >= 15 is 0 Å². The van der Waals surface area contributed by atoms with Gasteiger partial charge in [0.25, 0.3) is 0 Å². The zero-order valence-electron chi connectivity index (χ0n) is 7.20. The molecule has 0 saturated heterocycles. The van der Waals surface area contributed by atoms with Gasteiger partial charge in [-0.3, -0.25) is 4.98 Å². The zero-order chi connectivity index (χ0) is 9.68. The Balaban J connectivity index is 2.62. The second-order valence-electron chi connectivity index (χ2n) is 2.75. The minimum absolute atomic E-state index is 0.0895. The van der Waals surface area contributed by atoms with Gasteiger partial charge in [-0.15, -0.1) is 12.3 Å². The molecule has 0 fully saturated rings. The number of halogens is 1. The Kier molecular flexibility index (Phi) is 3.75. The van der Waals surface area contributed by atoms with Crippen LogP contribution in [0.2, 0.25) is 5.02 Å². The maximum Gasteiger partial charge on any atom is 0.0589 e. The predicted octanol–water partition coefficient (Wildman–Crippen LogP) is 2.15. The molecule has 1 aromatic rings. The van der Waals surface area contributed by atoms with E-state index in [1.165, 1.54) is 0 Å². The fourth-order valence-corrected chi connectivity index (χ4v) is 1.11. The monoisotopic (exact) mass is 194 g/mol. The minimum Gasteiger partial charge on any atom is -0.323 e. The van der Waals surface area contributed by atoms with Gasteiger partial charge in [0.05, 0.1) is 10.7 Å². The first-order valence-corrected chi connectivity index (χ1v) is 4.42. The molecule has 2 nitrogen and oxygen atoms in total. The molecule has 0 radical (unpaired) electrons. The van der Waals surface area contributed by atoms with Crippen LogP contribution in [0.15, 0.2) is 18.3 Å². The lowest BCUT2D eigenvalue weighted by molar-refractivity contribution is 0.648. The molecular weight excluding hydrogens is 184 g/mol. The van der Waals surface area contributed by atoms with Crippen molar-refractivity contribution in [3.05, 3.63) is 29.0 Å². The molecule has 1 aromatic heterocycles. The number of hydrogen-bond donors (Lipinski definition) is 1. The van der Waals surface area contributed by atoms with Crippen LogP contribution < -0.4 is 5.73 Å². The molecule has 1 unspecified atom stereocenters. The molecule has 2 N–H and O–H groups in total. The van der Waals surface area contributed by atoms with Crippen LogP contribution in [0.1, 0.15) is 24.6 Å². The highest BCUT2D eigenvalue weighted by Crippen LogP contribution is 2.14. The molecular formula is C10H11ClN2. The summed E-state index contributed by atoms with van der Waals surface area (Å²) < 4.78 is 0. The number of aromatic nitrogens is 1. The maximum absolute atomic E-state index is 5.83. The van der Waals surface area contributed by atoms with E-state index in [1.54, 1.807) is 12.3 Å². The zero-order valence-corrected chi connectivity index (χ0v) is 7.96. The SMILES string of the molecule is C#CCCC(N)c1ccc(Cl)cn1. The van der Waals surface area contributed by atoms with Gasteiger partial charge >= 0.3 is 0 Å². The summed E-state index contributed by atoms with van der Waals surface area (Å²) in [5, 5.41) is 0.618. The first kappa shape index (κ1) is 10.0. The van der Waals surface area contributed by atoms with Gasteiger partial charge in [0.2, 0.25) is 0 Å². The molecule has 0 amide bonds. The van der Waals surface area contributed by atoms with E-state index < -0.39 is 0 Å². The van der Waals surface area contributed by atoms with Crippen molar-refractivity contribution in [1.29, 1.82) is 0 Å². The highest BCUT2D eigenvalue weighted by atomic mass is 35.5. The summed E-state index contributed by atoms with van der Waals surface area (Å²) >= 11 is 5.69. The number of pyridine rings is 1. The maximum atomic E-state index is 5.83. The van der Waals surface area contributed by atoms with E-state index in [4.69, 9.17) is 23.8 Å². The lowest BCUT2D eigenvalue weighted by atomic mass is 10.1. The molecule has 13 heavy (non-hydrogen) atoms. The highest BCUT2D eigenvalue weighted by Gasteiger charge is 2.05. The number of terminal acetylenes is 1. The molecule has 0 aliphatic rings. The fraction of sp³-hybridized carbons (Fsp3) is 0.300. The Morgan fingerprint density at radius 1 is 1.62 bits per heavy atom. The van der Waals surface area contributed by atoms with Crippen LogP contribution in [-0.4, -0.2) is 4.98 Å². The number of nitrogens with zero attached hydrogens (tertiary/aromatic N) is 1. The second-order valence-corrected chi connectivity index (χ2v) is 3.19. The predicted molar refractivity (Wildman–Crippen MR) is 54.2 cm³/mol. The van der Waals surface area contributed by atoms with Crippen LogP contribution in [0.25, 0.3) is 0 Å². The van der Waals surface area contributed by atoms with Gasteiger partial charge in [-0.1, -0.05) is 11.6 Å². The number of hydrogen-bond acceptors (Lipinski definition) is 2. The summed E-state index contributed by atoms with van der Waals surface area (Å²) in [6.45, 7) is 0. The van der Waals surface area contributed by atoms with E-state index in [1.807, 2.05) is 6.07 Å².